The number of hydrogen-bond donors (Lipinski definition) is 3. The number of aliphatic hydroxyl groups is 1. The van der Waals surface area contributed by atoms with Gasteiger partial charge in [0, 0.05) is 18.3 Å². The number of sulfone groups is 1. The lowest BCUT2D eigenvalue weighted by atomic mass is 10.00. The maximum Gasteiger partial charge on any atom is 0.179 e. The summed E-state index contributed by atoms with van der Waals surface area (Å²) in [4.78, 5) is -0.0873. The van der Waals surface area contributed by atoms with Gasteiger partial charge in [0.2, 0.25) is 0 Å². The van der Waals surface area contributed by atoms with Crippen LogP contribution in [0.2, 0.25) is 0 Å². The number of aliphatic hydroxyl groups excluding tert-OH is 1. The first kappa shape index (κ1) is 20.4. The van der Waals surface area contributed by atoms with Crippen LogP contribution in [0.1, 0.15) is 36.1 Å². The molecule has 3 unspecified atom stereocenters. The largest absolute Gasteiger partial charge is 0.507 e. The molecule has 0 radical (unpaired) electrons. The third kappa shape index (κ3) is 4.09. The Bertz CT molecular complexity index is 959. The third-order valence-electron chi connectivity index (χ3n) is 5.10. The van der Waals surface area contributed by atoms with Crippen molar-refractivity contribution in [3.8, 4) is 17.2 Å². The van der Waals surface area contributed by atoms with Gasteiger partial charge in [0.1, 0.15) is 10.6 Å². The Morgan fingerprint density at radius 1 is 1.07 bits per heavy atom. The van der Waals surface area contributed by atoms with Gasteiger partial charge in [-0.3, -0.25) is 0 Å². The SMILES string of the molecule is COc1ccc(C(O)C2CCC(c3ccc(O)c(S(C)(=O)=O)c3)N2)cc1OC. The summed E-state index contributed by atoms with van der Waals surface area (Å²) in [5.41, 5.74) is 1.47. The Hall–Kier alpha value is -2.29. The van der Waals surface area contributed by atoms with E-state index in [0.717, 1.165) is 24.7 Å². The molecule has 28 heavy (non-hydrogen) atoms. The highest BCUT2D eigenvalue weighted by molar-refractivity contribution is 7.90. The van der Waals surface area contributed by atoms with Crippen LogP contribution in [0.15, 0.2) is 41.3 Å². The fraction of sp³-hybridized carbons (Fsp3) is 0.400. The molecular formula is C20H25NO6S. The Kier molecular flexibility index (Phi) is 5.83. The zero-order valence-electron chi connectivity index (χ0n) is 16.0. The molecule has 3 rings (SSSR count). The van der Waals surface area contributed by atoms with Gasteiger partial charge >= 0.3 is 0 Å². The first-order valence-corrected chi connectivity index (χ1v) is 10.8. The normalized spacial score (nSPS) is 20.7. The van der Waals surface area contributed by atoms with E-state index >= 15 is 0 Å². The van der Waals surface area contributed by atoms with Gasteiger partial charge < -0.3 is 25.0 Å². The van der Waals surface area contributed by atoms with Gasteiger partial charge in [-0.15, -0.1) is 0 Å². The number of aromatic hydroxyl groups is 1. The Balaban J connectivity index is 1.79. The number of nitrogens with one attached hydrogen (secondary N) is 1. The van der Waals surface area contributed by atoms with Crippen LogP contribution in [0.3, 0.4) is 0 Å². The van der Waals surface area contributed by atoms with Crippen LogP contribution >= 0.6 is 0 Å². The molecule has 0 aliphatic carbocycles. The van der Waals surface area contributed by atoms with Crippen LogP contribution in [0.5, 0.6) is 17.2 Å². The number of phenolic OH excluding ortho intramolecular Hbond substituents is 1. The summed E-state index contributed by atoms with van der Waals surface area (Å²) >= 11 is 0. The molecule has 0 amide bonds. The predicted molar refractivity (Wildman–Crippen MR) is 105 cm³/mol. The summed E-state index contributed by atoms with van der Waals surface area (Å²) in [6.07, 6.45) is 1.77. The lowest BCUT2D eigenvalue weighted by Crippen LogP contribution is -2.30. The Morgan fingerprint density at radius 2 is 1.79 bits per heavy atom. The minimum Gasteiger partial charge on any atom is -0.507 e. The maximum absolute atomic E-state index is 11.8. The molecule has 3 N–H and O–H groups in total. The highest BCUT2D eigenvalue weighted by Gasteiger charge is 2.32. The van der Waals surface area contributed by atoms with Crippen molar-refractivity contribution < 1.29 is 28.1 Å². The van der Waals surface area contributed by atoms with Crippen molar-refractivity contribution in [2.24, 2.45) is 0 Å². The highest BCUT2D eigenvalue weighted by atomic mass is 32.2. The van der Waals surface area contributed by atoms with E-state index in [-0.39, 0.29) is 22.7 Å². The van der Waals surface area contributed by atoms with Crippen molar-refractivity contribution in [2.75, 3.05) is 20.5 Å². The molecule has 1 saturated heterocycles. The monoisotopic (exact) mass is 407 g/mol. The number of hydrogen-bond acceptors (Lipinski definition) is 7. The van der Waals surface area contributed by atoms with Crippen LogP contribution < -0.4 is 14.8 Å². The minimum absolute atomic E-state index is 0.0873. The average molecular weight is 407 g/mol. The smallest absolute Gasteiger partial charge is 0.179 e. The van der Waals surface area contributed by atoms with Gasteiger partial charge in [-0.25, -0.2) is 8.42 Å². The van der Waals surface area contributed by atoms with E-state index in [2.05, 4.69) is 5.32 Å². The summed E-state index contributed by atoms with van der Waals surface area (Å²) in [6, 6.07) is 9.58. The third-order valence-corrected chi connectivity index (χ3v) is 6.22. The summed E-state index contributed by atoms with van der Waals surface area (Å²) in [5, 5.41) is 24.0. The molecular weight excluding hydrogens is 382 g/mol. The predicted octanol–water partition coefficient (Wildman–Crippen LogP) is 2.34. The number of phenols is 1. The van der Waals surface area contributed by atoms with Gasteiger partial charge in [-0.05, 0) is 48.2 Å². The van der Waals surface area contributed by atoms with Gasteiger partial charge in [-0.1, -0.05) is 12.1 Å². The molecule has 7 nitrogen and oxygen atoms in total. The van der Waals surface area contributed by atoms with Crippen LogP contribution in [0, 0.1) is 0 Å². The van der Waals surface area contributed by atoms with Gasteiger partial charge in [-0.2, -0.15) is 0 Å². The van der Waals surface area contributed by atoms with Crippen molar-refractivity contribution in [1.82, 2.24) is 5.32 Å². The first-order valence-electron chi connectivity index (χ1n) is 8.93. The van der Waals surface area contributed by atoms with E-state index in [1.165, 1.54) is 12.1 Å². The molecule has 1 fully saturated rings. The van der Waals surface area contributed by atoms with E-state index < -0.39 is 15.9 Å². The number of ether oxygens (including phenoxy) is 2. The topological polar surface area (TPSA) is 105 Å². The average Bonchev–Trinajstić information content (AvgIpc) is 3.16. The number of rotatable bonds is 6. The quantitative estimate of drug-likeness (QED) is 0.675. The van der Waals surface area contributed by atoms with Crippen LogP contribution in [-0.2, 0) is 9.84 Å². The van der Waals surface area contributed by atoms with E-state index in [9.17, 15) is 18.6 Å². The zero-order chi connectivity index (χ0) is 20.5. The molecule has 3 atom stereocenters. The molecule has 8 heteroatoms. The number of benzene rings is 2. The minimum atomic E-state index is -3.53. The zero-order valence-corrected chi connectivity index (χ0v) is 16.9. The summed E-state index contributed by atoms with van der Waals surface area (Å²) < 4.78 is 34.2. The molecule has 0 aromatic heterocycles. The van der Waals surface area contributed by atoms with Gasteiger partial charge in [0.25, 0.3) is 0 Å². The van der Waals surface area contributed by atoms with Crippen LogP contribution in [0.25, 0.3) is 0 Å². The fourth-order valence-electron chi connectivity index (χ4n) is 3.60. The molecule has 2 aromatic carbocycles. The fourth-order valence-corrected chi connectivity index (χ4v) is 4.39. The summed E-state index contributed by atoms with van der Waals surface area (Å²) in [6.45, 7) is 0. The second-order valence-corrected chi connectivity index (χ2v) is 8.95. The molecule has 0 saturated carbocycles. The highest BCUT2D eigenvalue weighted by Crippen LogP contribution is 2.37. The lowest BCUT2D eigenvalue weighted by molar-refractivity contribution is 0.135. The summed E-state index contributed by atoms with van der Waals surface area (Å²) in [7, 11) is -0.427. The molecule has 0 spiro atoms. The first-order chi connectivity index (χ1) is 13.2. The van der Waals surface area contributed by atoms with Crippen molar-refractivity contribution in [1.29, 1.82) is 0 Å². The molecule has 1 aliphatic heterocycles. The van der Waals surface area contributed by atoms with Crippen LogP contribution in [-0.4, -0.2) is 45.1 Å². The number of methoxy groups -OCH3 is 2. The maximum atomic E-state index is 11.8. The second kappa shape index (κ2) is 7.98. The Morgan fingerprint density at radius 3 is 2.43 bits per heavy atom. The van der Waals surface area contributed by atoms with E-state index in [4.69, 9.17) is 9.47 Å². The molecule has 0 bridgehead atoms. The Labute approximate surface area is 164 Å². The van der Waals surface area contributed by atoms with Gasteiger partial charge in [0.05, 0.1) is 20.3 Å². The van der Waals surface area contributed by atoms with Crippen molar-refractivity contribution >= 4 is 9.84 Å². The van der Waals surface area contributed by atoms with Crippen LogP contribution in [0.4, 0.5) is 0 Å². The molecule has 2 aromatic rings. The van der Waals surface area contributed by atoms with Gasteiger partial charge in [0.15, 0.2) is 21.3 Å². The van der Waals surface area contributed by atoms with E-state index in [0.29, 0.717) is 17.1 Å². The summed E-state index contributed by atoms with van der Waals surface area (Å²) in [5.74, 6) is 0.879. The molecule has 1 aliphatic rings. The second-order valence-electron chi connectivity index (χ2n) is 6.96. The molecule has 152 valence electrons. The van der Waals surface area contributed by atoms with E-state index in [1.54, 1.807) is 38.5 Å². The standard InChI is InChI=1S/C20H25NO6S/c1-26-17-9-5-13(10-18(17)27-2)20(23)15-7-6-14(21-15)12-4-8-16(22)19(11-12)28(3,24)25/h4-5,8-11,14-15,20-23H,6-7H2,1-3H3. The lowest BCUT2D eigenvalue weighted by Gasteiger charge is -2.22. The van der Waals surface area contributed by atoms with Crippen molar-refractivity contribution in [3.63, 3.8) is 0 Å². The van der Waals surface area contributed by atoms with E-state index in [1.807, 2.05) is 0 Å². The van der Waals surface area contributed by atoms with Crippen molar-refractivity contribution in [3.05, 3.63) is 47.5 Å². The van der Waals surface area contributed by atoms with Crippen molar-refractivity contribution in [2.45, 2.75) is 35.9 Å². The molecule has 1 heterocycles.